The number of benzene rings is 2. The Labute approximate surface area is 175 Å². The molecule has 0 aromatic heterocycles. The van der Waals surface area contributed by atoms with Crippen LogP contribution >= 0.6 is 23.4 Å². The number of ether oxygens (including phenoxy) is 1. The molecule has 2 saturated heterocycles. The smallest absolute Gasteiger partial charge is 0.255 e. The number of nitrogens with one attached hydrogen (secondary N) is 1. The normalized spacial score (nSPS) is 17.5. The molecule has 0 aliphatic carbocycles. The molecule has 0 atom stereocenters. The molecule has 0 bridgehead atoms. The third-order valence-electron chi connectivity index (χ3n) is 5.06. The van der Waals surface area contributed by atoms with Gasteiger partial charge in [-0.05, 0) is 42.5 Å². The van der Waals surface area contributed by atoms with Crippen molar-refractivity contribution in [2.75, 3.05) is 66.0 Å². The largest absolute Gasteiger partial charge is 0.378 e. The van der Waals surface area contributed by atoms with E-state index in [9.17, 15) is 4.79 Å². The van der Waals surface area contributed by atoms with E-state index in [0.29, 0.717) is 16.3 Å². The van der Waals surface area contributed by atoms with Crippen LogP contribution in [0.4, 0.5) is 17.1 Å². The van der Waals surface area contributed by atoms with Gasteiger partial charge >= 0.3 is 0 Å². The van der Waals surface area contributed by atoms with Gasteiger partial charge in [-0.15, -0.1) is 0 Å². The van der Waals surface area contributed by atoms with Crippen LogP contribution in [0.5, 0.6) is 0 Å². The van der Waals surface area contributed by atoms with E-state index in [2.05, 4.69) is 15.1 Å². The molecule has 5 nitrogen and oxygen atoms in total. The number of halogens is 1. The van der Waals surface area contributed by atoms with Crippen molar-refractivity contribution in [2.24, 2.45) is 0 Å². The van der Waals surface area contributed by atoms with Crippen LogP contribution in [0, 0.1) is 0 Å². The number of hydrogen-bond acceptors (Lipinski definition) is 5. The summed E-state index contributed by atoms with van der Waals surface area (Å²) < 4.78 is 5.39. The Balaban J connectivity index is 1.40. The van der Waals surface area contributed by atoms with E-state index in [-0.39, 0.29) is 5.91 Å². The quantitative estimate of drug-likeness (QED) is 0.815. The zero-order valence-electron chi connectivity index (χ0n) is 15.7. The molecule has 148 valence electrons. The lowest BCUT2D eigenvalue weighted by molar-refractivity contribution is 0.102. The van der Waals surface area contributed by atoms with Gasteiger partial charge in [0, 0.05) is 54.6 Å². The third kappa shape index (κ3) is 4.57. The van der Waals surface area contributed by atoms with Gasteiger partial charge in [0.2, 0.25) is 0 Å². The first kappa shape index (κ1) is 19.4. The van der Waals surface area contributed by atoms with Gasteiger partial charge in [-0.1, -0.05) is 11.6 Å². The molecule has 0 unspecified atom stereocenters. The second-order valence-corrected chi connectivity index (χ2v) is 8.50. The maximum Gasteiger partial charge on any atom is 0.255 e. The lowest BCUT2D eigenvalue weighted by Gasteiger charge is -2.29. The van der Waals surface area contributed by atoms with E-state index in [1.807, 2.05) is 54.2 Å². The number of carbonyl (C=O) groups excluding carboxylic acids is 1. The average molecular weight is 418 g/mol. The third-order valence-corrected chi connectivity index (χ3v) is 6.31. The number of morpholine rings is 1. The van der Waals surface area contributed by atoms with Crippen LogP contribution in [-0.4, -0.2) is 56.8 Å². The van der Waals surface area contributed by atoms with E-state index in [4.69, 9.17) is 16.3 Å². The van der Waals surface area contributed by atoms with Crippen molar-refractivity contribution in [3.63, 3.8) is 0 Å². The van der Waals surface area contributed by atoms with Crippen molar-refractivity contribution in [3.8, 4) is 0 Å². The standard InChI is InChI=1S/C21H24ClN3O2S/c22-19-15-17(3-6-20(19)25-9-13-28-14-10-25)23-21(26)16-1-4-18(5-2-16)24-7-11-27-12-8-24/h1-6,15H,7-14H2,(H,23,26). The lowest BCUT2D eigenvalue weighted by Crippen LogP contribution is -2.36. The Bertz CT molecular complexity index is 819. The van der Waals surface area contributed by atoms with Crippen LogP contribution < -0.4 is 15.1 Å². The Morgan fingerprint density at radius 3 is 2.36 bits per heavy atom. The Hall–Kier alpha value is -1.89. The molecule has 0 spiro atoms. The van der Waals surface area contributed by atoms with E-state index in [1.165, 1.54) is 0 Å². The van der Waals surface area contributed by atoms with Crippen LogP contribution in [0.15, 0.2) is 42.5 Å². The first-order valence-corrected chi connectivity index (χ1v) is 11.1. The highest BCUT2D eigenvalue weighted by molar-refractivity contribution is 7.99. The minimum Gasteiger partial charge on any atom is -0.378 e. The van der Waals surface area contributed by atoms with Gasteiger partial charge in [0.25, 0.3) is 5.91 Å². The molecule has 28 heavy (non-hydrogen) atoms. The molecule has 2 fully saturated rings. The molecule has 2 aliphatic rings. The molecule has 1 N–H and O–H groups in total. The maximum atomic E-state index is 12.6. The molecule has 0 radical (unpaired) electrons. The van der Waals surface area contributed by atoms with Crippen molar-refractivity contribution in [1.29, 1.82) is 0 Å². The van der Waals surface area contributed by atoms with Gasteiger partial charge in [-0.25, -0.2) is 0 Å². The van der Waals surface area contributed by atoms with Crippen LogP contribution in [0.1, 0.15) is 10.4 Å². The van der Waals surface area contributed by atoms with Gasteiger partial charge in [-0.2, -0.15) is 11.8 Å². The Morgan fingerprint density at radius 1 is 0.964 bits per heavy atom. The number of anilines is 3. The van der Waals surface area contributed by atoms with Gasteiger partial charge in [0.1, 0.15) is 0 Å². The number of amides is 1. The van der Waals surface area contributed by atoms with Crippen molar-refractivity contribution in [3.05, 3.63) is 53.1 Å². The molecule has 7 heteroatoms. The van der Waals surface area contributed by atoms with Crippen molar-refractivity contribution in [2.45, 2.75) is 0 Å². The van der Waals surface area contributed by atoms with Crippen LogP contribution in [0.25, 0.3) is 0 Å². The van der Waals surface area contributed by atoms with E-state index in [1.54, 1.807) is 0 Å². The highest BCUT2D eigenvalue weighted by Gasteiger charge is 2.16. The summed E-state index contributed by atoms with van der Waals surface area (Å²) in [5.41, 5.74) is 3.49. The summed E-state index contributed by atoms with van der Waals surface area (Å²) in [6.07, 6.45) is 0. The summed E-state index contributed by atoms with van der Waals surface area (Å²) in [6.45, 7) is 5.26. The predicted molar refractivity (Wildman–Crippen MR) is 118 cm³/mol. The minimum atomic E-state index is -0.133. The van der Waals surface area contributed by atoms with Crippen molar-refractivity contribution < 1.29 is 9.53 Å². The highest BCUT2D eigenvalue weighted by atomic mass is 35.5. The van der Waals surface area contributed by atoms with E-state index < -0.39 is 0 Å². The van der Waals surface area contributed by atoms with Crippen molar-refractivity contribution in [1.82, 2.24) is 0 Å². The average Bonchev–Trinajstić information content (AvgIpc) is 2.75. The number of nitrogens with zero attached hydrogens (tertiary/aromatic N) is 2. The summed E-state index contributed by atoms with van der Waals surface area (Å²) in [5.74, 6) is 2.11. The molecule has 1 amide bonds. The fourth-order valence-electron chi connectivity index (χ4n) is 3.49. The molecule has 2 heterocycles. The Kier molecular flexibility index (Phi) is 6.29. The van der Waals surface area contributed by atoms with E-state index >= 15 is 0 Å². The van der Waals surface area contributed by atoms with Gasteiger partial charge in [0.05, 0.1) is 23.9 Å². The monoisotopic (exact) mass is 417 g/mol. The van der Waals surface area contributed by atoms with E-state index in [0.717, 1.165) is 62.3 Å². The minimum absolute atomic E-state index is 0.133. The molecule has 2 aliphatic heterocycles. The second kappa shape index (κ2) is 9.07. The van der Waals surface area contributed by atoms with Gasteiger partial charge in [-0.3, -0.25) is 4.79 Å². The maximum absolute atomic E-state index is 12.6. The summed E-state index contributed by atoms with van der Waals surface area (Å²) in [5, 5.41) is 3.62. The summed E-state index contributed by atoms with van der Waals surface area (Å²) in [4.78, 5) is 17.2. The van der Waals surface area contributed by atoms with Gasteiger partial charge < -0.3 is 19.9 Å². The summed E-state index contributed by atoms with van der Waals surface area (Å²) in [7, 11) is 0. The molecular weight excluding hydrogens is 394 g/mol. The van der Waals surface area contributed by atoms with Crippen LogP contribution in [0.3, 0.4) is 0 Å². The fourth-order valence-corrected chi connectivity index (χ4v) is 4.70. The number of hydrogen-bond donors (Lipinski definition) is 1. The highest BCUT2D eigenvalue weighted by Crippen LogP contribution is 2.30. The predicted octanol–water partition coefficient (Wildman–Crippen LogP) is 3.98. The Morgan fingerprint density at radius 2 is 1.68 bits per heavy atom. The zero-order valence-corrected chi connectivity index (χ0v) is 17.3. The fraction of sp³-hybridized carbons (Fsp3) is 0.381. The number of thioether (sulfide) groups is 1. The first-order chi connectivity index (χ1) is 13.7. The lowest BCUT2D eigenvalue weighted by atomic mass is 10.1. The zero-order chi connectivity index (χ0) is 19.3. The van der Waals surface area contributed by atoms with Crippen LogP contribution in [0.2, 0.25) is 5.02 Å². The van der Waals surface area contributed by atoms with Crippen molar-refractivity contribution >= 4 is 46.3 Å². The van der Waals surface area contributed by atoms with Gasteiger partial charge in [0.15, 0.2) is 0 Å². The molecule has 4 rings (SSSR count). The number of carbonyl (C=O) groups is 1. The molecule has 2 aromatic rings. The molecule has 0 saturated carbocycles. The second-order valence-electron chi connectivity index (χ2n) is 6.87. The first-order valence-electron chi connectivity index (χ1n) is 9.57. The van der Waals surface area contributed by atoms with Crippen LogP contribution in [-0.2, 0) is 4.74 Å². The summed E-state index contributed by atoms with van der Waals surface area (Å²) in [6, 6.07) is 13.5. The summed E-state index contributed by atoms with van der Waals surface area (Å²) >= 11 is 8.45. The molecular formula is C21H24ClN3O2S. The topological polar surface area (TPSA) is 44.8 Å². The SMILES string of the molecule is O=C(Nc1ccc(N2CCSCC2)c(Cl)c1)c1ccc(N2CCOCC2)cc1. The number of rotatable bonds is 4. The molecule has 2 aromatic carbocycles.